The largest absolute Gasteiger partial charge is 0.481 e. The fourth-order valence-electron chi connectivity index (χ4n) is 2.24. The highest BCUT2D eigenvalue weighted by molar-refractivity contribution is 5.81. The molecule has 2 rings (SSSR count). The van der Waals surface area contributed by atoms with Crippen molar-refractivity contribution in [2.45, 2.75) is 58.2 Å². The summed E-state index contributed by atoms with van der Waals surface area (Å²) in [6.07, 6.45) is 2.49. The topological polar surface area (TPSA) is 50.4 Å². The third kappa shape index (κ3) is 5.38. The number of carbonyl (C=O) groups excluding carboxylic acids is 1. The number of hydrogen-bond acceptors (Lipinski definition) is 3. The number of ether oxygens (including phenoxy) is 1. The zero-order valence-electron chi connectivity index (χ0n) is 13.2. The van der Waals surface area contributed by atoms with Crippen LogP contribution in [0.3, 0.4) is 0 Å². The van der Waals surface area contributed by atoms with Gasteiger partial charge < -0.3 is 15.4 Å². The molecule has 1 fully saturated rings. The smallest absolute Gasteiger partial charge is 0.261 e. The second-order valence-electron chi connectivity index (χ2n) is 6.64. The number of amides is 1. The van der Waals surface area contributed by atoms with Gasteiger partial charge in [-0.25, -0.2) is 0 Å². The van der Waals surface area contributed by atoms with Crippen molar-refractivity contribution in [3.05, 3.63) is 29.8 Å². The first-order valence-corrected chi connectivity index (χ1v) is 7.72. The molecule has 0 aromatic heterocycles. The summed E-state index contributed by atoms with van der Waals surface area (Å²) in [6, 6.07) is 7.97. The van der Waals surface area contributed by atoms with Crippen LogP contribution >= 0.6 is 0 Å². The van der Waals surface area contributed by atoms with E-state index in [1.165, 1.54) is 5.56 Å². The zero-order valence-corrected chi connectivity index (χ0v) is 13.2. The van der Waals surface area contributed by atoms with Gasteiger partial charge in [-0.1, -0.05) is 12.1 Å². The quantitative estimate of drug-likeness (QED) is 0.896. The van der Waals surface area contributed by atoms with Gasteiger partial charge in [-0.2, -0.15) is 0 Å². The minimum absolute atomic E-state index is 0.00553. The van der Waals surface area contributed by atoms with Crippen LogP contribution in [0.25, 0.3) is 0 Å². The van der Waals surface area contributed by atoms with E-state index >= 15 is 0 Å². The number of nitrogens with one attached hydrogen (secondary N) is 2. The van der Waals surface area contributed by atoms with E-state index < -0.39 is 0 Å². The summed E-state index contributed by atoms with van der Waals surface area (Å²) in [5, 5.41) is 6.34. The molecule has 4 heteroatoms. The van der Waals surface area contributed by atoms with Gasteiger partial charge in [0.15, 0.2) is 6.10 Å². The highest BCUT2D eigenvalue weighted by Gasteiger charge is 2.22. The van der Waals surface area contributed by atoms with Crippen LogP contribution in [0.5, 0.6) is 5.75 Å². The van der Waals surface area contributed by atoms with Gasteiger partial charge in [0.2, 0.25) is 0 Å². The predicted molar refractivity (Wildman–Crippen MR) is 84.3 cm³/mol. The number of carbonyl (C=O) groups is 1. The highest BCUT2D eigenvalue weighted by Crippen LogP contribution is 2.18. The number of rotatable bonds is 4. The molecular weight excluding hydrogens is 264 g/mol. The molecule has 116 valence electrons. The molecule has 1 aromatic carbocycles. The minimum Gasteiger partial charge on any atom is -0.481 e. The molecule has 1 amide bonds. The molecule has 0 radical (unpaired) electrons. The molecular formula is C17H26N2O2. The van der Waals surface area contributed by atoms with E-state index in [-0.39, 0.29) is 17.6 Å². The molecule has 0 aliphatic carbocycles. The minimum atomic E-state index is -0.356. The van der Waals surface area contributed by atoms with Gasteiger partial charge >= 0.3 is 0 Å². The van der Waals surface area contributed by atoms with Gasteiger partial charge in [0.05, 0.1) is 0 Å². The van der Waals surface area contributed by atoms with Crippen LogP contribution in [0.15, 0.2) is 24.3 Å². The van der Waals surface area contributed by atoms with Gasteiger partial charge in [-0.15, -0.1) is 0 Å². The van der Waals surface area contributed by atoms with E-state index in [0.29, 0.717) is 0 Å². The lowest BCUT2D eigenvalue weighted by atomic mass is 10.1. The third-order valence-electron chi connectivity index (χ3n) is 3.51. The van der Waals surface area contributed by atoms with Crippen molar-refractivity contribution in [3.63, 3.8) is 0 Å². The molecule has 1 unspecified atom stereocenters. The first kappa shape index (κ1) is 15.8. The maximum absolute atomic E-state index is 11.9. The first-order valence-electron chi connectivity index (χ1n) is 7.72. The van der Waals surface area contributed by atoms with E-state index in [1.807, 2.05) is 24.3 Å². The van der Waals surface area contributed by atoms with Gasteiger partial charge in [0, 0.05) is 18.6 Å². The van der Waals surface area contributed by atoms with E-state index in [0.717, 1.165) is 38.1 Å². The van der Waals surface area contributed by atoms with E-state index in [2.05, 4.69) is 31.4 Å². The van der Waals surface area contributed by atoms with Gasteiger partial charge in [-0.3, -0.25) is 4.79 Å². The Balaban J connectivity index is 1.91. The summed E-state index contributed by atoms with van der Waals surface area (Å²) in [6.45, 7) is 8.03. The second kappa shape index (κ2) is 6.94. The van der Waals surface area contributed by atoms with Crippen molar-refractivity contribution in [2.75, 3.05) is 6.54 Å². The van der Waals surface area contributed by atoms with Crippen molar-refractivity contribution in [3.8, 4) is 5.75 Å². The Morgan fingerprint density at radius 2 is 1.95 bits per heavy atom. The average molecular weight is 290 g/mol. The Hall–Kier alpha value is -1.55. The SMILES string of the molecule is CC(C)(C)NCc1ccc(OC2CCCCNC2=O)cc1. The maximum atomic E-state index is 11.9. The Morgan fingerprint density at radius 1 is 1.24 bits per heavy atom. The van der Waals surface area contributed by atoms with Crippen LogP contribution in [0.1, 0.15) is 45.6 Å². The standard InChI is InChI=1S/C17H26N2O2/c1-17(2,3)19-12-13-7-9-14(10-8-13)21-15-6-4-5-11-18-16(15)20/h7-10,15,19H,4-6,11-12H2,1-3H3,(H,18,20). The molecule has 1 aliphatic rings. The highest BCUT2D eigenvalue weighted by atomic mass is 16.5. The third-order valence-corrected chi connectivity index (χ3v) is 3.51. The Bertz CT molecular complexity index is 463. The monoisotopic (exact) mass is 290 g/mol. The summed E-state index contributed by atoms with van der Waals surface area (Å²) in [7, 11) is 0. The lowest BCUT2D eigenvalue weighted by molar-refractivity contribution is -0.127. The number of hydrogen-bond donors (Lipinski definition) is 2. The van der Waals surface area contributed by atoms with Crippen LogP contribution in [0.4, 0.5) is 0 Å². The van der Waals surface area contributed by atoms with Crippen LogP contribution < -0.4 is 15.4 Å². The summed E-state index contributed by atoms with van der Waals surface area (Å²) in [5.41, 5.74) is 1.32. The van der Waals surface area contributed by atoms with Crippen LogP contribution in [0.2, 0.25) is 0 Å². The van der Waals surface area contributed by atoms with Gasteiger partial charge in [0.1, 0.15) is 5.75 Å². The van der Waals surface area contributed by atoms with Crippen molar-refractivity contribution >= 4 is 5.91 Å². The summed E-state index contributed by atoms with van der Waals surface area (Å²) >= 11 is 0. The lowest BCUT2D eigenvalue weighted by Gasteiger charge is -2.21. The average Bonchev–Trinajstić information content (AvgIpc) is 2.63. The van der Waals surface area contributed by atoms with E-state index in [4.69, 9.17) is 4.74 Å². The maximum Gasteiger partial charge on any atom is 0.261 e. The Morgan fingerprint density at radius 3 is 2.62 bits per heavy atom. The zero-order chi connectivity index (χ0) is 15.3. The van der Waals surface area contributed by atoms with Gasteiger partial charge in [0.25, 0.3) is 5.91 Å². The Kier molecular flexibility index (Phi) is 5.23. The van der Waals surface area contributed by atoms with Crippen molar-refractivity contribution in [2.24, 2.45) is 0 Å². The molecule has 1 heterocycles. The van der Waals surface area contributed by atoms with Crippen molar-refractivity contribution in [1.82, 2.24) is 10.6 Å². The van der Waals surface area contributed by atoms with Gasteiger partial charge in [-0.05, 0) is 57.7 Å². The molecule has 0 bridgehead atoms. The lowest BCUT2D eigenvalue weighted by Crippen LogP contribution is -2.36. The summed E-state index contributed by atoms with van der Waals surface area (Å²) in [5.74, 6) is 0.766. The normalized spacial score (nSPS) is 19.8. The molecule has 1 aliphatic heterocycles. The van der Waals surface area contributed by atoms with Crippen LogP contribution in [-0.2, 0) is 11.3 Å². The predicted octanol–water partition coefficient (Wildman–Crippen LogP) is 2.62. The fraction of sp³-hybridized carbons (Fsp3) is 0.588. The molecule has 4 nitrogen and oxygen atoms in total. The molecule has 1 saturated heterocycles. The number of benzene rings is 1. The van der Waals surface area contributed by atoms with Crippen molar-refractivity contribution in [1.29, 1.82) is 0 Å². The molecule has 21 heavy (non-hydrogen) atoms. The fourth-order valence-corrected chi connectivity index (χ4v) is 2.24. The molecule has 1 atom stereocenters. The molecule has 1 aromatic rings. The van der Waals surface area contributed by atoms with E-state index in [9.17, 15) is 4.79 Å². The summed E-state index contributed by atoms with van der Waals surface area (Å²) < 4.78 is 5.82. The summed E-state index contributed by atoms with van der Waals surface area (Å²) in [4.78, 5) is 11.9. The van der Waals surface area contributed by atoms with Crippen LogP contribution in [0, 0.1) is 0 Å². The second-order valence-corrected chi connectivity index (χ2v) is 6.64. The Labute approximate surface area is 127 Å². The van der Waals surface area contributed by atoms with Crippen molar-refractivity contribution < 1.29 is 9.53 Å². The first-order chi connectivity index (χ1) is 9.94. The molecule has 2 N–H and O–H groups in total. The molecule has 0 spiro atoms. The van der Waals surface area contributed by atoms with Crippen LogP contribution in [-0.4, -0.2) is 24.1 Å². The van der Waals surface area contributed by atoms with E-state index in [1.54, 1.807) is 0 Å². The molecule has 0 saturated carbocycles.